The predicted molar refractivity (Wildman–Crippen MR) is 117 cm³/mol. The molecule has 0 spiro atoms. The quantitative estimate of drug-likeness (QED) is 0.505. The van der Waals surface area contributed by atoms with Crippen molar-refractivity contribution in [2.45, 2.75) is 39.1 Å². The molecule has 28 heavy (non-hydrogen) atoms. The first-order chi connectivity index (χ1) is 13.3. The van der Waals surface area contributed by atoms with Gasteiger partial charge >= 0.3 is 0 Å². The minimum atomic E-state index is -0.404. The van der Waals surface area contributed by atoms with E-state index < -0.39 is 6.10 Å². The van der Waals surface area contributed by atoms with Gasteiger partial charge in [0.2, 0.25) is 0 Å². The van der Waals surface area contributed by atoms with Crippen molar-refractivity contribution in [3.8, 4) is 0 Å². The minimum absolute atomic E-state index is 0.341. The second-order valence-corrected chi connectivity index (χ2v) is 7.19. The summed E-state index contributed by atoms with van der Waals surface area (Å²) in [5.41, 5.74) is 2.78. The molecule has 3 rings (SSSR count). The van der Waals surface area contributed by atoms with Gasteiger partial charge < -0.3 is 15.3 Å². The summed E-state index contributed by atoms with van der Waals surface area (Å²) in [6.45, 7) is 5.23. The lowest BCUT2D eigenvalue weighted by molar-refractivity contribution is 0.198. The monoisotopic (exact) mass is 445 g/mol. The molecule has 0 radical (unpaired) electrons. The number of rotatable bonds is 3. The summed E-state index contributed by atoms with van der Waals surface area (Å²) in [5, 5.41) is 27.1. The molecule has 0 saturated heterocycles. The zero-order chi connectivity index (χ0) is 20.9. The maximum atomic E-state index is 9.10. The molecule has 0 aliphatic rings. The Morgan fingerprint density at radius 3 is 1.46 bits per heavy atom. The van der Waals surface area contributed by atoms with E-state index in [9.17, 15) is 0 Å². The van der Waals surface area contributed by atoms with E-state index >= 15 is 0 Å². The van der Waals surface area contributed by atoms with Crippen molar-refractivity contribution in [2.24, 2.45) is 0 Å². The van der Waals surface area contributed by atoms with Gasteiger partial charge in [-0.2, -0.15) is 0 Å². The van der Waals surface area contributed by atoms with E-state index in [-0.39, 0.29) is 12.2 Å². The molecule has 3 atom stereocenters. The van der Waals surface area contributed by atoms with Crippen molar-refractivity contribution in [3.05, 3.63) is 100 Å². The number of pyridine rings is 1. The van der Waals surface area contributed by atoms with Gasteiger partial charge in [-0.3, -0.25) is 4.98 Å². The SMILES string of the molecule is C[C@H](O)c1ccc(Br)cc1.C[C@H](O)c1ccccc1.C[C@H](O)c1cccnc1. The standard InChI is InChI=1S/C8H9BrO.C8H10O.C7H9NO/c1-6(10)7-2-4-8(9)5-3-7;1-7(9)8-5-3-2-4-6-8;1-6(9)7-3-2-4-8-5-7/h2-6,10H,1H3;2-7,9H,1H3;2-6,9H,1H3/t6-;7-;6-/m000/s1. The van der Waals surface area contributed by atoms with Crippen molar-refractivity contribution in [3.63, 3.8) is 0 Å². The molecule has 0 fully saturated rings. The van der Waals surface area contributed by atoms with Gasteiger partial charge in [-0.15, -0.1) is 0 Å². The fourth-order valence-corrected chi connectivity index (χ4v) is 2.36. The summed E-state index contributed by atoms with van der Waals surface area (Å²) in [7, 11) is 0. The third kappa shape index (κ3) is 9.76. The minimum Gasteiger partial charge on any atom is -0.389 e. The van der Waals surface area contributed by atoms with Crippen LogP contribution < -0.4 is 0 Å². The maximum Gasteiger partial charge on any atom is 0.0776 e. The number of aliphatic hydroxyl groups is 3. The van der Waals surface area contributed by atoms with Gasteiger partial charge in [0, 0.05) is 16.9 Å². The average molecular weight is 446 g/mol. The topological polar surface area (TPSA) is 73.6 Å². The van der Waals surface area contributed by atoms with E-state index in [4.69, 9.17) is 15.3 Å². The van der Waals surface area contributed by atoms with E-state index in [1.807, 2.05) is 66.7 Å². The van der Waals surface area contributed by atoms with Crippen LogP contribution in [0.4, 0.5) is 0 Å². The molecule has 4 nitrogen and oxygen atoms in total. The normalized spacial score (nSPS) is 13.1. The highest BCUT2D eigenvalue weighted by atomic mass is 79.9. The van der Waals surface area contributed by atoms with E-state index in [1.54, 1.807) is 33.2 Å². The molecule has 0 unspecified atom stereocenters. The highest BCUT2D eigenvalue weighted by Gasteiger charge is 1.98. The molecule has 150 valence electrons. The first-order valence-electron chi connectivity index (χ1n) is 9.05. The van der Waals surface area contributed by atoms with Crippen LogP contribution in [0.2, 0.25) is 0 Å². The largest absolute Gasteiger partial charge is 0.389 e. The highest BCUT2D eigenvalue weighted by Crippen LogP contribution is 2.15. The zero-order valence-electron chi connectivity index (χ0n) is 16.4. The van der Waals surface area contributed by atoms with Gasteiger partial charge in [0.25, 0.3) is 0 Å². The van der Waals surface area contributed by atoms with Gasteiger partial charge in [-0.1, -0.05) is 64.5 Å². The second-order valence-electron chi connectivity index (χ2n) is 6.28. The number of aliphatic hydroxyl groups excluding tert-OH is 3. The number of halogens is 1. The highest BCUT2D eigenvalue weighted by molar-refractivity contribution is 9.10. The zero-order valence-corrected chi connectivity index (χ0v) is 18.0. The van der Waals surface area contributed by atoms with Gasteiger partial charge in [0.15, 0.2) is 0 Å². The third-order valence-electron chi connectivity index (χ3n) is 3.80. The molecule has 2 aromatic carbocycles. The molecule has 0 aliphatic heterocycles. The molecule has 1 heterocycles. The van der Waals surface area contributed by atoms with Crippen LogP contribution in [0, 0.1) is 0 Å². The van der Waals surface area contributed by atoms with Crippen LogP contribution in [-0.4, -0.2) is 20.3 Å². The Balaban J connectivity index is 0.000000210. The van der Waals surface area contributed by atoms with E-state index in [2.05, 4.69) is 20.9 Å². The number of nitrogens with zero attached hydrogens (tertiary/aromatic N) is 1. The van der Waals surface area contributed by atoms with Gasteiger partial charge in [0.05, 0.1) is 18.3 Å². The van der Waals surface area contributed by atoms with Crippen LogP contribution in [0.15, 0.2) is 83.6 Å². The van der Waals surface area contributed by atoms with Crippen molar-refractivity contribution in [1.82, 2.24) is 4.98 Å². The van der Waals surface area contributed by atoms with E-state index in [1.165, 1.54) is 0 Å². The molecule has 0 amide bonds. The lowest BCUT2D eigenvalue weighted by Gasteiger charge is -2.02. The van der Waals surface area contributed by atoms with E-state index in [0.29, 0.717) is 0 Å². The van der Waals surface area contributed by atoms with Crippen LogP contribution in [0.5, 0.6) is 0 Å². The third-order valence-corrected chi connectivity index (χ3v) is 4.33. The van der Waals surface area contributed by atoms with Gasteiger partial charge in [-0.25, -0.2) is 0 Å². The molecule has 0 aliphatic carbocycles. The average Bonchev–Trinajstić information content (AvgIpc) is 2.70. The van der Waals surface area contributed by atoms with Crippen LogP contribution in [0.25, 0.3) is 0 Å². The molecule has 3 aromatic rings. The second kappa shape index (κ2) is 13.2. The van der Waals surface area contributed by atoms with Crippen LogP contribution in [-0.2, 0) is 0 Å². The fourth-order valence-electron chi connectivity index (χ4n) is 2.10. The molecule has 5 heteroatoms. The Bertz CT molecular complexity index is 717. The lowest BCUT2D eigenvalue weighted by Crippen LogP contribution is -1.89. The van der Waals surface area contributed by atoms with Crippen molar-refractivity contribution in [1.29, 1.82) is 0 Å². The smallest absolute Gasteiger partial charge is 0.0776 e. The van der Waals surface area contributed by atoms with Crippen molar-refractivity contribution in [2.75, 3.05) is 0 Å². The van der Waals surface area contributed by atoms with E-state index in [0.717, 1.165) is 21.2 Å². The summed E-state index contributed by atoms with van der Waals surface area (Å²) in [4.78, 5) is 3.85. The Morgan fingerprint density at radius 2 is 1.11 bits per heavy atom. The fraction of sp³-hybridized carbons (Fsp3) is 0.261. The summed E-state index contributed by atoms with van der Waals surface area (Å²) >= 11 is 3.31. The van der Waals surface area contributed by atoms with Gasteiger partial charge in [-0.05, 0) is 55.7 Å². The van der Waals surface area contributed by atoms with Crippen molar-refractivity contribution < 1.29 is 15.3 Å². The summed E-state index contributed by atoms with van der Waals surface area (Å²) in [6.07, 6.45) is 2.23. The summed E-state index contributed by atoms with van der Waals surface area (Å²) < 4.78 is 1.04. The summed E-state index contributed by atoms with van der Waals surface area (Å²) in [5.74, 6) is 0. The Kier molecular flexibility index (Phi) is 11.3. The molecular formula is C23H28BrNO3. The Labute approximate surface area is 175 Å². The Hall–Kier alpha value is -2.05. The number of hydrogen-bond acceptors (Lipinski definition) is 4. The number of hydrogen-bond donors (Lipinski definition) is 3. The molecule has 0 saturated carbocycles. The lowest BCUT2D eigenvalue weighted by atomic mass is 10.1. The molecular weight excluding hydrogens is 418 g/mol. The molecule has 3 N–H and O–H groups in total. The first kappa shape index (κ1) is 24.0. The maximum absolute atomic E-state index is 9.10. The summed E-state index contributed by atoms with van der Waals surface area (Å²) in [6, 6.07) is 20.9. The van der Waals surface area contributed by atoms with Crippen LogP contribution in [0.3, 0.4) is 0 Å². The number of benzene rings is 2. The van der Waals surface area contributed by atoms with Crippen molar-refractivity contribution >= 4 is 15.9 Å². The van der Waals surface area contributed by atoms with Gasteiger partial charge in [0.1, 0.15) is 0 Å². The predicted octanol–water partition coefficient (Wildman–Crippen LogP) is 5.38. The van der Waals surface area contributed by atoms with Crippen LogP contribution >= 0.6 is 15.9 Å². The molecule has 0 bridgehead atoms. The first-order valence-corrected chi connectivity index (χ1v) is 9.85. The number of aromatic nitrogens is 1. The van der Waals surface area contributed by atoms with Crippen LogP contribution in [0.1, 0.15) is 55.8 Å². The Morgan fingerprint density at radius 1 is 0.643 bits per heavy atom. The molecule has 1 aromatic heterocycles.